The van der Waals surface area contributed by atoms with Gasteiger partial charge in [-0.3, -0.25) is 0 Å². The minimum atomic E-state index is -0.794. The molecule has 0 spiro atoms. The molecule has 1 saturated heterocycles. The fourth-order valence-electron chi connectivity index (χ4n) is 4.48. The van der Waals surface area contributed by atoms with Crippen LogP contribution < -0.4 is 10.6 Å². The minimum Gasteiger partial charge on any atom is -0.464 e. The lowest BCUT2D eigenvalue weighted by Gasteiger charge is -2.40. The number of rotatable bonds is 6. The molecule has 2 aliphatic rings. The molecule has 4 rings (SSSR count). The molecule has 2 aromatic rings. The second-order valence-electron chi connectivity index (χ2n) is 8.64. The van der Waals surface area contributed by atoms with Crippen LogP contribution in [0.3, 0.4) is 0 Å². The van der Waals surface area contributed by atoms with Crippen molar-refractivity contribution in [2.75, 3.05) is 25.0 Å². The number of benzene rings is 2. The summed E-state index contributed by atoms with van der Waals surface area (Å²) in [4.78, 5) is 41.8. The molecule has 0 radical (unpaired) electrons. The van der Waals surface area contributed by atoms with Gasteiger partial charge < -0.3 is 25.2 Å². The first kappa shape index (κ1) is 25.5. The first-order valence-electron chi connectivity index (χ1n) is 11.7. The molecule has 0 aliphatic carbocycles. The van der Waals surface area contributed by atoms with Crippen molar-refractivity contribution in [3.05, 3.63) is 62.5 Å². The van der Waals surface area contributed by atoms with Crippen molar-refractivity contribution >= 4 is 55.6 Å². The topological polar surface area (TPSA) is 91.0 Å². The number of para-hydroxylation sites is 1. The number of fused-ring (bicyclic) bond motifs is 1. The van der Waals surface area contributed by atoms with Crippen LogP contribution in [-0.4, -0.2) is 59.6 Å². The van der Waals surface area contributed by atoms with E-state index in [4.69, 9.17) is 4.74 Å². The van der Waals surface area contributed by atoms with Gasteiger partial charge in [0, 0.05) is 46.7 Å². The van der Waals surface area contributed by atoms with E-state index in [0.29, 0.717) is 38.9 Å². The summed E-state index contributed by atoms with van der Waals surface area (Å²) in [6.07, 6.45) is 1.67. The molecule has 2 aromatic carbocycles. The van der Waals surface area contributed by atoms with Crippen LogP contribution in [0.1, 0.15) is 30.9 Å². The monoisotopic (exact) mass is 606 g/mol. The first-order chi connectivity index (χ1) is 16.9. The molecule has 1 atom stereocenters. The summed E-state index contributed by atoms with van der Waals surface area (Å²) in [5, 5.41) is 5.82. The molecular formula is C25H28Br2N4O4. The molecule has 2 N–H and O–H groups in total. The molecule has 0 saturated carbocycles. The maximum absolute atomic E-state index is 13.0. The summed E-state index contributed by atoms with van der Waals surface area (Å²) in [6, 6.07) is 12.4. The third-order valence-corrected chi connectivity index (χ3v) is 8.23. The predicted octanol–water partition coefficient (Wildman–Crippen LogP) is 4.91. The van der Waals surface area contributed by atoms with Crippen molar-refractivity contribution < 1.29 is 19.1 Å². The van der Waals surface area contributed by atoms with E-state index in [0.717, 1.165) is 25.8 Å². The SMILES string of the molecule is CCOC(=O)[C@H](Cc1ccc(Br)c(Br)c1)NC(=O)N1CCC(N2Cc3ccccc3NC2=O)CC1. The van der Waals surface area contributed by atoms with Crippen LogP contribution in [-0.2, 0) is 22.5 Å². The van der Waals surface area contributed by atoms with Gasteiger partial charge in [0.1, 0.15) is 6.04 Å². The first-order valence-corrected chi connectivity index (χ1v) is 13.3. The zero-order valence-corrected chi connectivity index (χ0v) is 22.6. The number of amides is 4. The van der Waals surface area contributed by atoms with E-state index in [1.54, 1.807) is 11.8 Å². The minimum absolute atomic E-state index is 0.0494. The summed E-state index contributed by atoms with van der Waals surface area (Å²) < 4.78 is 6.99. The molecule has 0 aromatic heterocycles. The number of hydrogen-bond acceptors (Lipinski definition) is 4. The summed E-state index contributed by atoms with van der Waals surface area (Å²) in [5.41, 5.74) is 2.84. The van der Waals surface area contributed by atoms with Gasteiger partial charge in [-0.1, -0.05) is 24.3 Å². The average Bonchev–Trinajstić information content (AvgIpc) is 2.85. The highest BCUT2D eigenvalue weighted by atomic mass is 79.9. The van der Waals surface area contributed by atoms with Crippen LogP contribution in [0.4, 0.5) is 15.3 Å². The van der Waals surface area contributed by atoms with Gasteiger partial charge in [-0.25, -0.2) is 14.4 Å². The molecule has 186 valence electrons. The highest BCUT2D eigenvalue weighted by molar-refractivity contribution is 9.13. The zero-order chi connectivity index (χ0) is 24.9. The molecule has 0 bridgehead atoms. The number of esters is 1. The Morgan fingerprint density at radius 2 is 1.89 bits per heavy atom. The van der Waals surface area contributed by atoms with Gasteiger partial charge in [-0.2, -0.15) is 0 Å². The fraction of sp³-hybridized carbons (Fsp3) is 0.400. The van der Waals surface area contributed by atoms with Crippen molar-refractivity contribution in [2.45, 2.75) is 44.8 Å². The third kappa shape index (κ3) is 6.16. The van der Waals surface area contributed by atoms with E-state index in [1.807, 2.05) is 47.4 Å². The number of likely N-dealkylation sites (tertiary alicyclic amines) is 1. The van der Waals surface area contributed by atoms with Gasteiger partial charge in [-0.15, -0.1) is 0 Å². The number of ether oxygens (including phenoxy) is 1. The van der Waals surface area contributed by atoms with Crippen molar-refractivity contribution in [2.24, 2.45) is 0 Å². The largest absolute Gasteiger partial charge is 0.464 e. The van der Waals surface area contributed by atoms with Crippen LogP contribution in [0, 0.1) is 0 Å². The van der Waals surface area contributed by atoms with Gasteiger partial charge in [0.25, 0.3) is 0 Å². The molecule has 2 aliphatic heterocycles. The van der Waals surface area contributed by atoms with Crippen molar-refractivity contribution in [1.82, 2.24) is 15.1 Å². The number of urea groups is 2. The molecule has 4 amide bonds. The summed E-state index contributed by atoms with van der Waals surface area (Å²) in [5.74, 6) is -0.460. The van der Waals surface area contributed by atoms with Gasteiger partial charge in [-0.05, 0) is 81.0 Å². The number of piperidine rings is 1. The van der Waals surface area contributed by atoms with E-state index in [2.05, 4.69) is 42.5 Å². The standard InChI is InChI=1S/C25H28Br2N4O4/c1-2-35-23(32)22(14-16-7-8-19(26)20(27)13-16)29-24(33)30-11-9-18(10-12-30)31-15-17-5-3-4-6-21(17)28-25(31)34/h3-8,13,18,22H,2,9-12,14-15H2,1H3,(H,28,34)(H,29,33)/t22-/m0/s1. The van der Waals surface area contributed by atoms with Gasteiger partial charge in [0.15, 0.2) is 0 Å². The molecular weight excluding hydrogens is 580 g/mol. The lowest BCUT2D eigenvalue weighted by atomic mass is 10.0. The average molecular weight is 608 g/mol. The maximum atomic E-state index is 13.0. The fourth-order valence-corrected chi connectivity index (χ4v) is 5.15. The molecule has 2 heterocycles. The van der Waals surface area contributed by atoms with E-state index in [1.165, 1.54) is 0 Å². The van der Waals surface area contributed by atoms with Crippen LogP contribution >= 0.6 is 31.9 Å². The Morgan fingerprint density at radius 3 is 2.60 bits per heavy atom. The highest BCUT2D eigenvalue weighted by Gasteiger charge is 2.33. The Labute approximate surface area is 221 Å². The van der Waals surface area contributed by atoms with E-state index in [-0.39, 0.29) is 24.7 Å². The van der Waals surface area contributed by atoms with Crippen molar-refractivity contribution in [3.8, 4) is 0 Å². The number of nitrogens with one attached hydrogen (secondary N) is 2. The molecule has 1 fully saturated rings. The number of nitrogens with zero attached hydrogens (tertiary/aromatic N) is 2. The van der Waals surface area contributed by atoms with Gasteiger partial charge >= 0.3 is 18.0 Å². The Kier molecular flexibility index (Phi) is 8.33. The van der Waals surface area contributed by atoms with Crippen LogP contribution in [0.15, 0.2) is 51.4 Å². The summed E-state index contributed by atoms with van der Waals surface area (Å²) in [7, 11) is 0. The normalized spacial score (nSPS) is 16.8. The Bertz CT molecular complexity index is 1100. The predicted molar refractivity (Wildman–Crippen MR) is 140 cm³/mol. The second kappa shape index (κ2) is 11.4. The lowest BCUT2D eigenvalue weighted by Crippen LogP contribution is -2.55. The molecule has 35 heavy (non-hydrogen) atoms. The van der Waals surface area contributed by atoms with E-state index in [9.17, 15) is 14.4 Å². The lowest BCUT2D eigenvalue weighted by molar-refractivity contribution is -0.145. The van der Waals surface area contributed by atoms with Crippen LogP contribution in [0.5, 0.6) is 0 Å². The van der Waals surface area contributed by atoms with Gasteiger partial charge in [0.05, 0.1) is 6.61 Å². The number of anilines is 1. The number of halogens is 2. The van der Waals surface area contributed by atoms with E-state index < -0.39 is 12.0 Å². The molecule has 0 unspecified atom stereocenters. The molecule has 10 heteroatoms. The Balaban J connectivity index is 1.36. The Morgan fingerprint density at radius 1 is 1.14 bits per heavy atom. The highest BCUT2D eigenvalue weighted by Crippen LogP contribution is 2.28. The summed E-state index contributed by atoms with van der Waals surface area (Å²) in [6.45, 7) is 3.55. The molecule has 8 nitrogen and oxygen atoms in total. The Hall–Kier alpha value is -2.59. The zero-order valence-electron chi connectivity index (χ0n) is 19.4. The number of hydrogen-bond donors (Lipinski definition) is 2. The maximum Gasteiger partial charge on any atom is 0.329 e. The summed E-state index contributed by atoms with van der Waals surface area (Å²) >= 11 is 6.92. The van der Waals surface area contributed by atoms with E-state index >= 15 is 0 Å². The van der Waals surface area contributed by atoms with Crippen molar-refractivity contribution in [1.29, 1.82) is 0 Å². The third-order valence-electron chi connectivity index (χ3n) is 6.35. The smallest absolute Gasteiger partial charge is 0.329 e. The number of carbonyl (C=O) groups is 3. The van der Waals surface area contributed by atoms with Gasteiger partial charge in [0.2, 0.25) is 0 Å². The number of carbonyl (C=O) groups excluding carboxylic acids is 3. The van der Waals surface area contributed by atoms with Crippen molar-refractivity contribution in [3.63, 3.8) is 0 Å². The quantitative estimate of drug-likeness (QED) is 0.457. The second-order valence-corrected chi connectivity index (χ2v) is 10.3. The van der Waals surface area contributed by atoms with Crippen LogP contribution in [0.2, 0.25) is 0 Å². The van der Waals surface area contributed by atoms with Crippen LogP contribution in [0.25, 0.3) is 0 Å².